The quantitative estimate of drug-likeness (QED) is 0.341. The van der Waals surface area contributed by atoms with Crippen molar-refractivity contribution in [2.24, 2.45) is 0 Å². The van der Waals surface area contributed by atoms with Crippen LogP contribution >= 0.6 is 65.3 Å². The van der Waals surface area contributed by atoms with E-state index >= 15 is 0 Å². The van der Waals surface area contributed by atoms with Crippen LogP contribution in [0.3, 0.4) is 0 Å². The highest BCUT2D eigenvalue weighted by Crippen LogP contribution is 2.56. The molecule has 1 aromatic carbocycles. The maximum absolute atomic E-state index is 2.56. The van der Waals surface area contributed by atoms with Gasteiger partial charge in [0.2, 0.25) is 0 Å². The highest BCUT2D eigenvalue weighted by Gasteiger charge is 2.21. The highest BCUT2D eigenvalue weighted by atomic mass is 127. The van der Waals surface area contributed by atoms with Crippen LogP contribution in [0.5, 0.6) is 0 Å². The van der Waals surface area contributed by atoms with E-state index < -0.39 is 20.1 Å². The summed E-state index contributed by atoms with van der Waals surface area (Å²) in [5.74, 6) is 0. The first-order chi connectivity index (χ1) is 10.00. The van der Waals surface area contributed by atoms with E-state index in [4.69, 9.17) is 0 Å². The minimum Gasteiger partial charge on any atom is -0.214 e. The van der Waals surface area contributed by atoms with Crippen LogP contribution < -0.4 is 0 Å². The van der Waals surface area contributed by atoms with Gasteiger partial charge in [0.25, 0.3) is 0 Å². The van der Waals surface area contributed by atoms with Crippen molar-refractivity contribution in [1.29, 1.82) is 0 Å². The Hall–Kier alpha value is 0.570. The van der Waals surface area contributed by atoms with Crippen LogP contribution in [-0.4, -0.2) is 37.5 Å². The van der Waals surface area contributed by atoms with Gasteiger partial charge in [-0.1, -0.05) is 0 Å². The van der Waals surface area contributed by atoms with Crippen LogP contribution in [0.1, 0.15) is 5.56 Å². The highest BCUT2D eigenvalue weighted by molar-refractivity contribution is 14.1. The van der Waals surface area contributed by atoms with Gasteiger partial charge in [-0.2, -0.15) is 0 Å². The molecule has 0 aliphatic carbocycles. The number of aryl methyl sites for hydroxylation is 1. The average molecular weight is 483 g/mol. The van der Waals surface area contributed by atoms with Crippen LogP contribution in [-0.2, 0) is 0 Å². The van der Waals surface area contributed by atoms with E-state index in [9.17, 15) is 0 Å². The molecular formula is C17H23IS4. The van der Waals surface area contributed by atoms with Crippen LogP contribution in [0.15, 0.2) is 20.6 Å². The SMILES string of the molecule is Cc1c(S(C)(C)C)sc2cc3c(I)c(S(C)(C)C)sc3cc12. The molecule has 0 saturated carbocycles. The molecule has 0 bridgehead atoms. The van der Waals surface area contributed by atoms with E-state index in [0.717, 1.165) is 0 Å². The molecule has 0 unspecified atom stereocenters. The van der Waals surface area contributed by atoms with Crippen LogP contribution in [0.4, 0.5) is 0 Å². The number of fused-ring (bicyclic) bond motifs is 2. The number of hydrogen-bond acceptors (Lipinski definition) is 2. The van der Waals surface area contributed by atoms with Gasteiger partial charge in [-0.15, -0.1) is 22.7 Å². The first-order valence-corrected chi connectivity index (χ1v) is 15.4. The van der Waals surface area contributed by atoms with Gasteiger partial charge in [0, 0.05) is 22.6 Å². The van der Waals surface area contributed by atoms with Gasteiger partial charge in [-0.05, 0) is 90.1 Å². The fourth-order valence-electron chi connectivity index (χ4n) is 2.71. The van der Waals surface area contributed by atoms with Gasteiger partial charge in [0.05, 0.1) is 4.21 Å². The molecule has 2 heterocycles. The molecule has 0 N–H and O–H groups in total. The second kappa shape index (κ2) is 5.55. The van der Waals surface area contributed by atoms with Crippen molar-refractivity contribution in [3.8, 4) is 0 Å². The zero-order chi connectivity index (χ0) is 16.4. The molecular weight excluding hydrogens is 459 g/mol. The van der Waals surface area contributed by atoms with Gasteiger partial charge in [-0.25, -0.2) is 20.1 Å². The van der Waals surface area contributed by atoms with Crippen molar-refractivity contribution in [3.05, 3.63) is 21.3 Å². The minimum atomic E-state index is -0.661. The summed E-state index contributed by atoms with van der Waals surface area (Å²) in [5.41, 5.74) is 1.51. The molecule has 22 heavy (non-hydrogen) atoms. The summed E-state index contributed by atoms with van der Waals surface area (Å²) in [6.07, 6.45) is 14.4. The van der Waals surface area contributed by atoms with Crippen LogP contribution in [0.2, 0.25) is 0 Å². The number of rotatable bonds is 2. The molecule has 3 aromatic rings. The third-order valence-corrected chi connectivity index (χ3v) is 13.8. The van der Waals surface area contributed by atoms with E-state index in [0.29, 0.717) is 0 Å². The molecule has 0 radical (unpaired) electrons. The van der Waals surface area contributed by atoms with E-state index in [1.54, 1.807) is 8.42 Å². The second-order valence-corrected chi connectivity index (χ2v) is 19.1. The molecule has 122 valence electrons. The van der Waals surface area contributed by atoms with Crippen molar-refractivity contribution in [1.82, 2.24) is 0 Å². The maximum Gasteiger partial charge on any atom is 0.0568 e. The Morgan fingerprint density at radius 3 is 1.77 bits per heavy atom. The predicted molar refractivity (Wildman–Crippen MR) is 122 cm³/mol. The van der Waals surface area contributed by atoms with E-state index in [-0.39, 0.29) is 0 Å². The first-order valence-electron chi connectivity index (χ1n) is 7.02. The Morgan fingerprint density at radius 2 is 1.23 bits per heavy atom. The van der Waals surface area contributed by atoms with E-state index in [2.05, 4.69) is 79.2 Å². The van der Waals surface area contributed by atoms with Gasteiger partial charge in [-0.3, -0.25) is 0 Å². The molecule has 0 amide bonds. The summed E-state index contributed by atoms with van der Waals surface area (Å²) in [6.45, 7) is 2.31. The summed E-state index contributed by atoms with van der Waals surface area (Å²) >= 11 is 6.59. The molecule has 5 heteroatoms. The fraction of sp³-hybridized carbons (Fsp3) is 0.412. The summed E-state index contributed by atoms with van der Waals surface area (Å²) in [7, 11) is -1.32. The first kappa shape index (κ1) is 17.4. The standard InChI is InChI=1S/C17H23IS4/c1-10-11-8-14-12(15(18)17(20-14)22(5,6)7)9-13(11)19-16(10)21(2,3)4/h8-9H,1-7H3. The maximum atomic E-state index is 2.56. The molecule has 0 spiro atoms. The molecule has 0 atom stereocenters. The molecule has 0 saturated heterocycles. The fourth-order valence-corrected chi connectivity index (χ4v) is 11.7. The lowest BCUT2D eigenvalue weighted by atomic mass is 10.1. The van der Waals surface area contributed by atoms with Gasteiger partial charge in [0.15, 0.2) is 0 Å². The Labute approximate surface area is 158 Å². The smallest absolute Gasteiger partial charge is 0.0568 e. The van der Waals surface area contributed by atoms with E-state index in [1.807, 2.05) is 22.7 Å². The topological polar surface area (TPSA) is 0 Å². The van der Waals surface area contributed by atoms with Crippen molar-refractivity contribution >= 4 is 85.5 Å². The van der Waals surface area contributed by atoms with Crippen LogP contribution in [0, 0.1) is 10.5 Å². The lowest BCUT2D eigenvalue weighted by molar-refractivity contribution is 1.45. The normalized spacial score (nSPS) is 14.9. The number of thiophene rings is 2. The second-order valence-electron chi connectivity index (χ2n) is 7.24. The molecule has 0 aliphatic heterocycles. The molecule has 3 rings (SSSR count). The third-order valence-electron chi connectivity index (χ3n) is 3.73. The predicted octanol–water partition coefficient (Wildman–Crippen LogP) is 7.13. The largest absolute Gasteiger partial charge is 0.214 e. The summed E-state index contributed by atoms with van der Waals surface area (Å²) in [4.78, 5) is 0. The third kappa shape index (κ3) is 2.85. The van der Waals surface area contributed by atoms with Crippen LogP contribution in [0.25, 0.3) is 20.2 Å². The number of benzene rings is 1. The van der Waals surface area contributed by atoms with Crippen molar-refractivity contribution in [3.63, 3.8) is 0 Å². The lowest BCUT2D eigenvalue weighted by Gasteiger charge is -2.24. The van der Waals surface area contributed by atoms with Crippen molar-refractivity contribution in [2.75, 3.05) is 37.5 Å². The zero-order valence-corrected chi connectivity index (χ0v) is 19.6. The molecule has 0 fully saturated rings. The summed E-state index contributed by atoms with van der Waals surface area (Å²) in [6, 6.07) is 4.90. The molecule has 0 aliphatic rings. The molecule has 2 aromatic heterocycles. The minimum absolute atomic E-state index is 0.655. The van der Waals surface area contributed by atoms with Gasteiger partial charge >= 0.3 is 0 Å². The van der Waals surface area contributed by atoms with Gasteiger partial charge in [0.1, 0.15) is 0 Å². The Morgan fingerprint density at radius 1 is 0.773 bits per heavy atom. The number of hydrogen-bond donors (Lipinski definition) is 0. The Kier molecular flexibility index (Phi) is 4.38. The van der Waals surface area contributed by atoms with Gasteiger partial charge < -0.3 is 0 Å². The summed E-state index contributed by atoms with van der Waals surface area (Å²) < 4.78 is 7.62. The summed E-state index contributed by atoms with van der Waals surface area (Å²) in [5, 5.41) is 2.94. The van der Waals surface area contributed by atoms with Crippen molar-refractivity contribution < 1.29 is 0 Å². The lowest BCUT2D eigenvalue weighted by Crippen LogP contribution is -1.90. The Bertz CT molecular complexity index is 798. The molecule has 0 nitrogen and oxygen atoms in total. The van der Waals surface area contributed by atoms with Crippen molar-refractivity contribution in [2.45, 2.75) is 15.3 Å². The monoisotopic (exact) mass is 482 g/mol. The number of halogens is 1. The average Bonchev–Trinajstić information content (AvgIpc) is 2.86. The zero-order valence-electron chi connectivity index (χ0n) is 14.2. The Balaban J connectivity index is 2.34. The van der Waals surface area contributed by atoms with E-state index in [1.165, 1.54) is 29.3 Å².